The number of carbonyl (C=O) groups excluding carboxylic acids is 1. The summed E-state index contributed by atoms with van der Waals surface area (Å²) in [4.78, 5) is 19.5. The molecule has 1 aromatic heterocycles. The first-order valence-electron chi connectivity index (χ1n) is 5.30. The third-order valence-electron chi connectivity index (χ3n) is 2.08. The molecule has 98 valence electrons. The van der Waals surface area contributed by atoms with Crippen molar-refractivity contribution in [2.24, 2.45) is 0 Å². The largest absolute Gasteiger partial charge is 0.325 e. The van der Waals surface area contributed by atoms with Crippen LogP contribution in [0.5, 0.6) is 0 Å². The molecule has 1 aromatic carbocycles. The number of hydrogen-bond donors (Lipinski definition) is 1. The maximum Gasteiger partial charge on any atom is 0.234 e. The second-order valence-corrected chi connectivity index (χ2v) is 4.44. The normalized spacial score (nSPS) is 10.2. The summed E-state index contributed by atoms with van der Waals surface area (Å²) in [7, 11) is 0. The van der Waals surface area contributed by atoms with Gasteiger partial charge in [0, 0.05) is 24.1 Å². The summed E-state index contributed by atoms with van der Waals surface area (Å²) in [6.45, 7) is 0. The van der Waals surface area contributed by atoms with Gasteiger partial charge < -0.3 is 5.32 Å². The lowest BCUT2D eigenvalue weighted by atomic mass is 10.3. The molecule has 1 heterocycles. The highest BCUT2D eigenvalue weighted by Gasteiger charge is 2.07. The Morgan fingerprint density at radius 2 is 1.95 bits per heavy atom. The highest BCUT2D eigenvalue weighted by molar-refractivity contribution is 7.99. The van der Waals surface area contributed by atoms with Gasteiger partial charge in [0.2, 0.25) is 5.91 Å². The minimum Gasteiger partial charge on any atom is -0.325 e. The fourth-order valence-corrected chi connectivity index (χ4v) is 1.86. The highest BCUT2D eigenvalue weighted by Crippen LogP contribution is 2.15. The van der Waals surface area contributed by atoms with E-state index >= 15 is 0 Å². The molecule has 0 aliphatic rings. The number of thioether (sulfide) groups is 1. The van der Waals surface area contributed by atoms with Crippen molar-refractivity contribution in [1.29, 1.82) is 0 Å². The van der Waals surface area contributed by atoms with Crippen molar-refractivity contribution < 1.29 is 13.6 Å². The molecule has 4 nitrogen and oxygen atoms in total. The number of aromatic nitrogens is 2. The summed E-state index contributed by atoms with van der Waals surface area (Å²) in [5.41, 5.74) is 0.207. The van der Waals surface area contributed by atoms with E-state index in [4.69, 9.17) is 0 Å². The van der Waals surface area contributed by atoms with E-state index in [2.05, 4.69) is 15.3 Å². The van der Waals surface area contributed by atoms with Crippen molar-refractivity contribution in [1.82, 2.24) is 9.97 Å². The van der Waals surface area contributed by atoms with Crippen LogP contribution in [0.25, 0.3) is 0 Å². The minimum absolute atomic E-state index is 0.0863. The first-order chi connectivity index (χ1) is 9.15. The van der Waals surface area contributed by atoms with Crippen molar-refractivity contribution in [3.63, 3.8) is 0 Å². The molecule has 2 aromatic rings. The van der Waals surface area contributed by atoms with Crippen LogP contribution in [-0.2, 0) is 4.79 Å². The van der Waals surface area contributed by atoms with Crippen molar-refractivity contribution in [3.8, 4) is 0 Å². The van der Waals surface area contributed by atoms with Crippen LogP contribution in [-0.4, -0.2) is 21.6 Å². The minimum atomic E-state index is -1.00. The standard InChI is InChI=1S/C12H9F2N3OS/c13-9-3-2-8(6-10(9)14)17-11(18)7-19-12-15-4-1-5-16-12/h1-6H,7H2,(H,17,18). The van der Waals surface area contributed by atoms with Crippen LogP contribution in [0.3, 0.4) is 0 Å². The van der Waals surface area contributed by atoms with Gasteiger partial charge in [-0.25, -0.2) is 18.7 Å². The molecule has 0 aliphatic heterocycles. The van der Waals surface area contributed by atoms with Crippen LogP contribution in [0.1, 0.15) is 0 Å². The summed E-state index contributed by atoms with van der Waals surface area (Å²) in [5.74, 6) is -2.21. The number of amides is 1. The lowest BCUT2D eigenvalue weighted by Crippen LogP contribution is -2.14. The summed E-state index contributed by atoms with van der Waals surface area (Å²) in [5, 5.41) is 2.93. The Labute approximate surface area is 112 Å². The number of carbonyl (C=O) groups is 1. The first kappa shape index (κ1) is 13.4. The fraction of sp³-hybridized carbons (Fsp3) is 0.0833. The van der Waals surface area contributed by atoms with Gasteiger partial charge in [-0.2, -0.15) is 0 Å². The third kappa shape index (κ3) is 3.99. The second-order valence-electron chi connectivity index (χ2n) is 3.50. The van der Waals surface area contributed by atoms with Crippen molar-refractivity contribution in [2.75, 3.05) is 11.1 Å². The maximum atomic E-state index is 12.9. The van der Waals surface area contributed by atoms with Gasteiger partial charge in [0.05, 0.1) is 5.75 Å². The van der Waals surface area contributed by atoms with Crippen LogP contribution in [0.15, 0.2) is 41.8 Å². The van der Waals surface area contributed by atoms with Crippen molar-refractivity contribution in [3.05, 3.63) is 48.3 Å². The van der Waals surface area contributed by atoms with Crippen LogP contribution in [0.4, 0.5) is 14.5 Å². The summed E-state index contributed by atoms with van der Waals surface area (Å²) < 4.78 is 25.6. The maximum absolute atomic E-state index is 12.9. The van der Waals surface area contributed by atoms with Gasteiger partial charge in [0.15, 0.2) is 16.8 Å². The lowest BCUT2D eigenvalue weighted by Gasteiger charge is -2.04. The van der Waals surface area contributed by atoms with Crippen LogP contribution in [0.2, 0.25) is 0 Å². The van der Waals surface area contributed by atoms with Crippen LogP contribution < -0.4 is 5.32 Å². The van der Waals surface area contributed by atoms with Crippen LogP contribution in [0, 0.1) is 11.6 Å². The van der Waals surface area contributed by atoms with E-state index in [-0.39, 0.29) is 17.3 Å². The number of rotatable bonds is 4. The van der Waals surface area contributed by atoms with E-state index in [0.717, 1.165) is 23.9 Å². The van der Waals surface area contributed by atoms with E-state index < -0.39 is 11.6 Å². The molecule has 7 heteroatoms. The molecule has 19 heavy (non-hydrogen) atoms. The smallest absolute Gasteiger partial charge is 0.234 e. The predicted molar refractivity (Wildman–Crippen MR) is 67.7 cm³/mol. The molecule has 0 unspecified atom stereocenters. The summed E-state index contributed by atoms with van der Waals surface area (Å²) in [6.07, 6.45) is 3.14. The third-order valence-corrected chi connectivity index (χ3v) is 2.95. The number of hydrogen-bond acceptors (Lipinski definition) is 4. The number of nitrogens with one attached hydrogen (secondary N) is 1. The van der Waals surface area contributed by atoms with Gasteiger partial charge in [-0.05, 0) is 18.2 Å². The fourth-order valence-electron chi connectivity index (χ4n) is 1.26. The van der Waals surface area contributed by atoms with E-state index in [1.54, 1.807) is 18.5 Å². The van der Waals surface area contributed by atoms with Gasteiger partial charge in [0.25, 0.3) is 0 Å². The van der Waals surface area contributed by atoms with Crippen molar-refractivity contribution >= 4 is 23.4 Å². The quantitative estimate of drug-likeness (QED) is 0.691. The molecule has 2 rings (SSSR count). The van der Waals surface area contributed by atoms with Gasteiger partial charge in [-0.1, -0.05) is 11.8 Å². The monoisotopic (exact) mass is 281 g/mol. The zero-order chi connectivity index (χ0) is 13.7. The Balaban J connectivity index is 1.89. The second kappa shape index (κ2) is 6.24. The van der Waals surface area contributed by atoms with E-state index in [1.165, 1.54) is 6.07 Å². The number of benzene rings is 1. The molecule has 0 atom stereocenters. The molecule has 0 spiro atoms. The van der Waals surface area contributed by atoms with Crippen LogP contribution >= 0.6 is 11.8 Å². The molecule has 0 radical (unpaired) electrons. The average molecular weight is 281 g/mol. The molecule has 1 amide bonds. The van der Waals surface area contributed by atoms with E-state index in [9.17, 15) is 13.6 Å². The number of nitrogens with zero attached hydrogens (tertiary/aromatic N) is 2. The Kier molecular flexibility index (Phi) is 4.40. The van der Waals surface area contributed by atoms with E-state index in [0.29, 0.717) is 5.16 Å². The van der Waals surface area contributed by atoms with Gasteiger partial charge in [-0.3, -0.25) is 4.79 Å². The molecule has 1 N–H and O–H groups in total. The molecule has 0 saturated heterocycles. The number of halogens is 2. The highest BCUT2D eigenvalue weighted by atomic mass is 32.2. The van der Waals surface area contributed by atoms with E-state index in [1.807, 2.05) is 0 Å². The molecular formula is C12H9F2N3OS. The van der Waals surface area contributed by atoms with Gasteiger partial charge >= 0.3 is 0 Å². The summed E-state index contributed by atoms with van der Waals surface area (Å²) >= 11 is 1.15. The zero-order valence-corrected chi connectivity index (χ0v) is 10.5. The Hall–Kier alpha value is -2.02. The SMILES string of the molecule is O=C(CSc1ncccn1)Nc1ccc(F)c(F)c1. The molecule has 0 saturated carbocycles. The van der Waals surface area contributed by atoms with Crippen molar-refractivity contribution in [2.45, 2.75) is 5.16 Å². The zero-order valence-electron chi connectivity index (χ0n) is 9.64. The first-order valence-corrected chi connectivity index (χ1v) is 6.28. The number of anilines is 1. The molecule has 0 bridgehead atoms. The Morgan fingerprint density at radius 1 is 1.21 bits per heavy atom. The molecule has 0 fully saturated rings. The summed E-state index contributed by atoms with van der Waals surface area (Å²) in [6, 6.07) is 4.85. The molecule has 0 aliphatic carbocycles. The Bertz CT molecular complexity index is 580. The average Bonchev–Trinajstić information content (AvgIpc) is 2.42. The molecular weight excluding hydrogens is 272 g/mol. The van der Waals surface area contributed by atoms with Gasteiger partial charge in [0.1, 0.15) is 0 Å². The lowest BCUT2D eigenvalue weighted by molar-refractivity contribution is -0.113. The van der Waals surface area contributed by atoms with Gasteiger partial charge in [-0.15, -0.1) is 0 Å². The predicted octanol–water partition coefficient (Wildman–Crippen LogP) is 2.49. The Morgan fingerprint density at radius 3 is 2.63 bits per heavy atom. The topological polar surface area (TPSA) is 54.9 Å².